The molecule has 1 aromatic rings. The molecular weight excluding hydrogens is 526 g/mol. The van der Waals surface area contributed by atoms with Crippen molar-refractivity contribution in [2.45, 2.75) is 65.3 Å². The van der Waals surface area contributed by atoms with E-state index in [0.717, 1.165) is 12.0 Å². The van der Waals surface area contributed by atoms with Crippen LogP contribution in [0.4, 0.5) is 4.39 Å². The monoisotopic (exact) mass is 566 g/mol. The van der Waals surface area contributed by atoms with Crippen LogP contribution in [0.2, 0.25) is 0 Å². The van der Waals surface area contributed by atoms with Crippen molar-refractivity contribution in [2.75, 3.05) is 13.7 Å². The molecule has 5 bridgehead atoms. The number of alkyl halides is 1. The summed E-state index contributed by atoms with van der Waals surface area (Å²) in [5.74, 6) is -1.16. The van der Waals surface area contributed by atoms with Crippen LogP contribution in [0.25, 0.3) is 0 Å². The van der Waals surface area contributed by atoms with Crippen molar-refractivity contribution >= 4 is 30.5 Å². The number of nitrogens with zero attached hydrogens (tertiary/aromatic N) is 2. The zero-order chi connectivity index (χ0) is 29.6. The van der Waals surface area contributed by atoms with Gasteiger partial charge in [0.15, 0.2) is 18.6 Å². The number of Topliss-reactive ketones (excluding diaryl/α,β-unsaturated/α-hetero) is 1. The molecule has 0 amide bonds. The molecule has 1 heterocycles. The minimum atomic E-state index is -1.52. The summed E-state index contributed by atoms with van der Waals surface area (Å²) in [6.45, 7) is 11.8. The van der Waals surface area contributed by atoms with Gasteiger partial charge in [-0.05, 0) is 71.5 Å². The molecule has 5 fully saturated rings. The summed E-state index contributed by atoms with van der Waals surface area (Å²) in [6.07, 6.45) is 1.58. The second-order valence-electron chi connectivity index (χ2n) is 13.7. The summed E-state index contributed by atoms with van der Waals surface area (Å²) < 4.78 is 27.2. The topological polar surface area (TPSA) is 109 Å². The normalized spacial score (nSPS) is 44.2. The maximum atomic E-state index is 15.1. The first-order valence-corrected chi connectivity index (χ1v) is 14.7. The molecule has 220 valence electrons. The fraction of sp³-hybridized carbons (Fsp3) is 0.645. The Labute approximate surface area is 241 Å². The van der Waals surface area contributed by atoms with Gasteiger partial charge in [0.2, 0.25) is 0 Å². The van der Waals surface area contributed by atoms with Gasteiger partial charge in [-0.3, -0.25) is 4.79 Å². The van der Waals surface area contributed by atoms with Crippen LogP contribution >= 0.6 is 0 Å². The Kier molecular flexibility index (Phi) is 6.51. The maximum absolute atomic E-state index is 15.1. The van der Waals surface area contributed by atoms with Gasteiger partial charge in [0, 0.05) is 23.8 Å². The van der Waals surface area contributed by atoms with Gasteiger partial charge in [0.05, 0.1) is 12.3 Å². The molecule has 1 unspecified atom stereocenters. The molecule has 1 aliphatic heterocycles. The lowest BCUT2D eigenvalue weighted by Gasteiger charge is -2.78. The van der Waals surface area contributed by atoms with E-state index < -0.39 is 53.6 Å². The van der Waals surface area contributed by atoms with Gasteiger partial charge in [-0.2, -0.15) is 5.10 Å². The Balaban J connectivity index is 1.29. The van der Waals surface area contributed by atoms with Crippen molar-refractivity contribution in [3.05, 3.63) is 36.4 Å². The first-order valence-electron chi connectivity index (χ1n) is 14.7. The van der Waals surface area contributed by atoms with Crippen LogP contribution in [-0.2, 0) is 14.3 Å². The highest BCUT2D eigenvalue weighted by Crippen LogP contribution is 2.79. The van der Waals surface area contributed by atoms with Gasteiger partial charge >= 0.3 is 13.0 Å². The molecule has 2 N–H and O–H groups in total. The molecule has 7 rings (SSSR count). The van der Waals surface area contributed by atoms with Crippen molar-refractivity contribution in [1.82, 2.24) is 4.92 Å². The molecule has 0 aromatic heterocycles. The summed E-state index contributed by atoms with van der Waals surface area (Å²) in [4.78, 5) is 28.0. The summed E-state index contributed by atoms with van der Waals surface area (Å²) in [5.41, 5.74) is -0.531. The van der Waals surface area contributed by atoms with Crippen LogP contribution in [0, 0.1) is 45.8 Å². The minimum Gasteiger partial charge on any atom is -0.482 e. The number of hydrogen-bond acceptors (Lipinski definition) is 8. The van der Waals surface area contributed by atoms with Crippen LogP contribution in [0.5, 0.6) is 5.75 Å². The average molecular weight is 566 g/mol. The molecule has 1 spiro atoms. The molecule has 0 radical (unpaired) electrons. The SMILES string of the molecule is C=C[C@]1(C)C[C@@H](OC(=O)COc2ccc3c(c2)B(O)N(C)N=C3)[C@]2(C)[C@H](C)C[C@H]3C4C(=O)[C@@H](F)C[C@@]3([C@@H](C)[C@@H]1O)[C@@H]42. The molecule has 8 nitrogen and oxygen atoms in total. The number of aliphatic hydroxyl groups is 1. The average Bonchev–Trinajstić information content (AvgIpc) is 2.95. The first kappa shape index (κ1) is 28.4. The first-order chi connectivity index (χ1) is 19.3. The Morgan fingerprint density at radius 3 is 2.76 bits per heavy atom. The van der Waals surface area contributed by atoms with E-state index in [1.165, 1.54) is 4.92 Å². The summed E-state index contributed by atoms with van der Waals surface area (Å²) in [5, 5.41) is 26.3. The predicted molar refractivity (Wildman–Crippen MR) is 152 cm³/mol. The number of benzene rings is 1. The highest BCUT2D eigenvalue weighted by Gasteiger charge is 2.80. The zero-order valence-corrected chi connectivity index (χ0v) is 24.4. The summed E-state index contributed by atoms with van der Waals surface area (Å²) in [7, 11) is 0.735. The Morgan fingerprint density at radius 2 is 2.05 bits per heavy atom. The molecule has 11 atom stereocenters. The second-order valence-corrected chi connectivity index (χ2v) is 13.7. The number of esters is 1. The van der Waals surface area contributed by atoms with E-state index in [4.69, 9.17) is 9.47 Å². The third-order valence-corrected chi connectivity index (χ3v) is 12.1. The number of aliphatic hydroxyl groups excluding tert-OH is 1. The maximum Gasteiger partial charge on any atom is 0.466 e. The van der Waals surface area contributed by atoms with Crippen LogP contribution in [0.3, 0.4) is 0 Å². The standard InChI is InChI=1S/C31H40BFN2O6/c1-7-29(4)13-23(41-24(36)15-40-19-9-8-18-14-34-35(6)32(39)21(18)11-19)30(5)16(2)10-20-25-26(37)22(33)12-31(20,27(25)30)17(3)28(29)38/h7-9,11,14,16-17,20,22-23,25,27-28,38-39H,1,10,12-13,15H2,2-6H3/t16-,17+,20+,22+,23-,25?,27+,28+,29-,30+,31+/m1/s1. The third-order valence-electron chi connectivity index (χ3n) is 12.1. The smallest absolute Gasteiger partial charge is 0.466 e. The molecule has 10 heteroatoms. The van der Waals surface area contributed by atoms with E-state index in [9.17, 15) is 19.7 Å². The Morgan fingerprint density at radius 1 is 1.32 bits per heavy atom. The predicted octanol–water partition coefficient (Wildman–Crippen LogP) is 2.74. The summed E-state index contributed by atoms with van der Waals surface area (Å²) >= 11 is 0. The van der Waals surface area contributed by atoms with Crippen molar-refractivity contribution in [2.24, 2.45) is 50.9 Å². The third kappa shape index (κ3) is 3.75. The van der Waals surface area contributed by atoms with Crippen molar-refractivity contribution < 1.29 is 33.6 Å². The molecule has 0 saturated heterocycles. The number of rotatable bonds is 5. The van der Waals surface area contributed by atoms with Gasteiger partial charge < -0.3 is 24.5 Å². The van der Waals surface area contributed by atoms with E-state index in [0.29, 0.717) is 17.6 Å². The zero-order valence-electron chi connectivity index (χ0n) is 24.4. The van der Waals surface area contributed by atoms with E-state index >= 15 is 4.39 Å². The lowest BCUT2D eigenvalue weighted by molar-refractivity contribution is -0.327. The Hall–Kier alpha value is -2.72. The number of halogens is 1. The van der Waals surface area contributed by atoms with E-state index in [-0.39, 0.29) is 42.5 Å². The Bertz CT molecular complexity index is 1330. The lowest BCUT2D eigenvalue weighted by Crippen LogP contribution is -2.80. The number of ether oxygens (including phenoxy) is 2. The van der Waals surface area contributed by atoms with Crippen molar-refractivity contribution in [3.8, 4) is 5.75 Å². The van der Waals surface area contributed by atoms with Crippen LogP contribution in [-0.4, -0.2) is 72.1 Å². The molecule has 1 aromatic carbocycles. The lowest BCUT2D eigenvalue weighted by atomic mass is 9.25. The fourth-order valence-corrected chi connectivity index (χ4v) is 9.59. The van der Waals surface area contributed by atoms with E-state index in [2.05, 4.69) is 25.5 Å². The fourth-order valence-electron chi connectivity index (χ4n) is 9.59. The molecule has 6 aliphatic rings. The molecule has 5 saturated carbocycles. The number of ketones is 1. The summed E-state index contributed by atoms with van der Waals surface area (Å²) in [6, 6.07) is 5.16. The minimum absolute atomic E-state index is 0.0232. The molecular formula is C31H40BFN2O6. The highest BCUT2D eigenvalue weighted by atomic mass is 19.1. The number of fused-ring (bicyclic) bond motifs is 2. The van der Waals surface area contributed by atoms with Gasteiger partial charge in [-0.1, -0.05) is 39.8 Å². The van der Waals surface area contributed by atoms with Gasteiger partial charge in [-0.15, -0.1) is 6.58 Å². The van der Waals surface area contributed by atoms with Crippen molar-refractivity contribution in [3.63, 3.8) is 0 Å². The van der Waals surface area contributed by atoms with Gasteiger partial charge in [0.1, 0.15) is 11.9 Å². The largest absolute Gasteiger partial charge is 0.482 e. The quantitative estimate of drug-likeness (QED) is 0.321. The van der Waals surface area contributed by atoms with E-state index in [1.807, 2.05) is 13.8 Å². The molecule has 5 aliphatic carbocycles. The number of carbonyl (C=O) groups is 2. The molecule has 41 heavy (non-hydrogen) atoms. The van der Waals surface area contributed by atoms with Crippen LogP contribution in [0.1, 0.15) is 52.5 Å². The van der Waals surface area contributed by atoms with Gasteiger partial charge in [-0.25, -0.2) is 9.18 Å². The number of hydrazone groups is 1. The van der Waals surface area contributed by atoms with Crippen LogP contribution < -0.4 is 10.2 Å². The number of hydrogen-bond donors (Lipinski definition) is 2. The van der Waals surface area contributed by atoms with Crippen LogP contribution in [0.15, 0.2) is 36.0 Å². The second kappa shape index (κ2) is 9.39. The highest BCUT2D eigenvalue weighted by molar-refractivity contribution is 6.65. The van der Waals surface area contributed by atoms with Crippen molar-refractivity contribution in [1.29, 1.82) is 0 Å². The van der Waals surface area contributed by atoms with E-state index in [1.54, 1.807) is 37.5 Å². The van der Waals surface area contributed by atoms with Gasteiger partial charge in [0.25, 0.3) is 0 Å². The number of carbonyl (C=O) groups excluding carboxylic acids is 2.